The summed E-state index contributed by atoms with van der Waals surface area (Å²) < 4.78 is 5.84. The Balaban J connectivity index is 2.22. The second-order valence-corrected chi connectivity index (χ2v) is 5.87. The van der Waals surface area contributed by atoms with Gasteiger partial charge in [0, 0.05) is 4.88 Å². The van der Waals surface area contributed by atoms with Crippen LogP contribution in [0.3, 0.4) is 0 Å². The highest BCUT2D eigenvalue weighted by molar-refractivity contribution is 7.12. The van der Waals surface area contributed by atoms with Gasteiger partial charge in [-0.1, -0.05) is 44.4 Å². The summed E-state index contributed by atoms with van der Waals surface area (Å²) >= 11 is 1.64. The van der Waals surface area contributed by atoms with Crippen LogP contribution in [0.25, 0.3) is 0 Å². The molecule has 0 radical (unpaired) electrons. The average molecular weight is 280 g/mol. The summed E-state index contributed by atoms with van der Waals surface area (Å²) in [6.45, 7) is 4.96. The topological polar surface area (TPSA) is 29.5 Å². The van der Waals surface area contributed by atoms with Crippen molar-refractivity contribution in [2.45, 2.75) is 58.7 Å². The summed E-state index contributed by atoms with van der Waals surface area (Å²) in [5.41, 5.74) is 0. The van der Waals surface area contributed by atoms with E-state index in [4.69, 9.17) is 9.84 Å². The van der Waals surface area contributed by atoms with Crippen LogP contribution in [0.4, 0.5) is 0 Å². The van der Waals surface area contributed by atoms with Crippen molar-refractivity contribution in [2.24, 2.45) is 0 Å². The minimum absolute atomic E-state index is 0.0848. The Morgan fingerprint density at radius 3 is 2.89 bits per heavy atom. The minimum atomic E-state index is -0.0848. The van der Waals surface area contributed by atoms with Gasteiger partial charge in [0.05, 0.1) is 17.6 Å². The number of hydrogen-bond donors (Lipinski definition) is 1. The molecule has 0 saturated carbocycles. The number of hydrogen-bond acceptors (Lipinski definition) is 3. The highest BCUT2D eigenvalue weighted by atomic mass is 32.1. The van der Waals surface area contributed by atoms with Crippen molar-refractivity contribution in [3.63, 3.8) is 0 Å². The van der Waals surface area contributed by atoms with Gasteiger partial charge in [-0.05, 0) is 25.5 Å². The molecule has 0 aliphatic rings. The third-order valence-corrected chi connectivity index (χ3v) is 3.90. The first-order valence-corrected chi connectivity index (χ1v) is 7.88. The first kappa shape index (κ1) is 16.2. The lowest BCUT2D eigenvalue weighted by molar-refractivity contribution is 0.0475. The molecule has 106 valence electrons. The van der Waals surface area contributed by atoms with E-state index in [2.05, 4.69) is 31.8 Å². The number of aliphatic hydroxyl groups is 1. The molecule has 1 rings (SSSR count). The van der Waals surface area contributed by atoms with Gasteiger partial charge in [0.1, 0.15) is 6.61 Å². The molecule has 1 atom stereocenters. The van der Waals surface area contributed by atoms with Crippen molar-refractivity contribution >= 4 is 11.3 Å². The predicted molar refractivity (Wildman–Crippen MR) is 81.3 cm³/mol. The molecule has 1 heterocycles. The van der Waals surface area contributed by atoms with Crippen molar-refractivity contribution in [3.8, 4) is 11.8 Å². The van der Waals surface area contributed by atoms with Crippen LogP contribution >= 0.6 is 11.3 Å². The van der Waals surface area contributed by atoms with Gasteiger partial charge in [-0.25, -0.2) is 0 Å². The number of ether oxygens (including phenoxy) is 1. The predicted octanol–water partition coefficient (Wildman–Crippen LogP) is 3.97. The molecule has 0 bridgehead atoms. The molecular formula is C16H24O2S. The Hall–Kier alpha value is -0.820. The summed E-state index contributed by atoms with van der Waals surface area (Å²) in [4.78, 5) is 2.19. The summed E-state index contributed by atoms with van der Waals surface area (Å²) in [5.74, 6) is 5.57. The van der Waals surface area contributed by atoms with E-state index in [-0.39, 0.29) is 6.61 Å². The number of thiophene rings is 1. The third kappa shape index (κ3) is 7.37. The fourth-order valence-electron chi connectivity index (χ4n) is 1.82. The van der Waals surface area contributed by atoms with E-state index in [1.54, 1.807) is 11.3 Å². The van der Waals surface area contributed by atoms with Crippen LogP contribution in [-0.2, 0) is 11.3 Å². The zero-order valence-electron chi connectivity index (χ0n) is 11.9. The Labute approximate surface area is 120 Å². The molecule has 1 unspecified atom stereocenters. The lowest BCUT2D eigenvalue weighted by Gasteiger charge is -2.11. The van der Waals surface area contributed by atoms with Crippen LogP contribution in [0.5, 0.6) is 0 Å². The Bertz CT molecular complexity index is 400. The van der Waals surface area contributed by atoms with Gasteiger partial charge >= 0.3 is 0 Å². The molecule has 0 aliphatic heterocycles. The molecule has 0 saturated heterocycles. The van der Waals surface area contributed by atoms with Gasteiger partial charge in [-0.15, -0.1) is 11.3 Å². The highest BCUT2D eigenvalue weighted by Crippen LogP contribution is 2.18. The van der Waals surface area contributed by atoms with E-state index in [1.165, 1.54) is 30.6 Å². The van der Waals surface area contributed by atoms with Crippen molar-refractivity contribution in [3.05, 3.63) is 21.9 Å². The molecule has 3 heteroatoms. The molecule has 1 aromatic heterocycles. The first-order valence-electron chi connectivity index (χ1n) is 7.06. The molecule has 0 fully saturated rings. The van der Waals surface area contributed by atoms with Crippen molar-refractivity contribution in [1.82, 2.24) is 0 Å². The lowest BCUT2D eigenvalue weighted by Crippen LogP contribution is -2.07. The van der Waals surface area contributed by atoms with Crippen LogP contribution in [0.15, 0.2) is 12.1 Å². The van der Waals surface area contributed by atoms with Crippen molar-refractivity contribution < 1.29 is 9.84 Å². The molecular weight excluding hydrogens is 256 g/mol. The molecule has 19 heavy (non-hydrogen) atoms. The van der Waals surface area contributed by atoms with Gasteiger partial charge in [-0.3, -0.25) is 0 Å². The zero-order chi connectivity index (χ0) is 13.9. The van der Waals surface area contributed by atoms with Crippen molar-refractivity contribution in [2.75, 3.05) is 6.61 Å². The van der Waals surface area contributed by atoms with Crippen LogP contribution in [0, 0.1) is 11.8 Å². The number of aliphatic hydroxyl groups excluding tert-OH is 1. The third-order valence-electron chi connectivity index (χ3n) is 2.93. The lowest BCUT2D eigenvalue weighted by atomic mass is 10.1. The van der Waals surface area contributed by atoms with Crippen LogP contribution in [0.1, 0.15) is 55.7 Å². The maximum Gasteiger partial charge on any atom is 0.104 e. The largest absolute Gasteiger partial charge is 0.384 e. The fraction of sp³-hybridized carbons (Fsp3) is 0.625. The summed E-state index contributed by atoms with van der Waals surface area (Å²) in [6, 6.07) is 4.04. The van der Waals surface area contributed by atoms with E-state index in [9.17, 15) is 0 Å². The Morgan fingerprint density at radius 1 is 1.32 bits per heavy atom. The normalized spacial score (nSPS) is 11.9. The number of unbranched alkanes of at least 4 members (excludes halogenated alkanes) is 3. The standard InChI is InChI=1S/C16H24O2S/c1-3-4-5-6-8-14(2)18-13-16-11-10-15(19-16)9-7-12-17/h10-11,14,17H,3-6,8,12-13H2,1-2H3. The van der Waals surface area contributed by atoms with Gasteiger partial charge < -0.3 is 9.84 Å². The monoisotopic (exact) mass is 280 g/mol. The Kier molecular flexibility index (Phi) is 8.57. The summed E-state index contributed by atoms with van der Waals surface area (Å²) in [5, 5.41) is 8.64. The van der Waals surface area contributed by atoms with E-state index < -0.39 is 0 Å². The molecule has 0 amide bonds. The first-order chi connectivity index (χ1) is 9.26. The average Bonchev–Trinajstić information content (AvgIpc) is 2.87. The smallest absolute Gasteiger partial charge is 0.104 e. The van der Waals surface area contributed by atoms with Crippen LogP contribution in [0.2, 0.25) is 0 Å². The minimum Gasteiger partial charge on any atom is -0.384 e. The van der Waals surface area contributed by atoms with E-state index >= 15 is 0 Å². The van der Waals surface area contributed by atoms with Gasteiger partial charge in [0.25, 0.3) is 0 Å². The molecule has 0 spiro atoms. The zero-order valence-corrected chi connectivity index (χ0v) is 12.8. The molecule has 1 N–H and O–H groups in total. The summed E-state index contributed by atoms with van der Waals surface area (Å²) in [6.07, 6.45) is 6.64. The molecule has 1 aromatic rings. The maximum atomic E-state index is 8.64. The molecule has 0 aliphatic carbocycles. The number of rotatable bonds is 8. The highest BCUT2D eigenvalue weighted by Gasteiger charge is 2.04. The molecule has 2 nitrogen and oxygen atoms in total. The van der Waals surface area contributed by atoms with E-state index in [0.29, 0.717) is 12.7 Å². The van der Waals surface area contributed by atoms with Crippen LogP contribution < -0.4 is 0 Å². The molecule has 0 aromatic carbocycles. The second kappa shape index (κ2) is 10.0. The van der Waals surface area contributed by atoms with Gasteiger partial charge in [-0.2, -0.15) is 0 Å². The Morgan fingerprint density at radius 2 is 2.16 bits per heavy atom. The van der Waals surface area contributed by atoms with E-state index in [1.807, 2.05) is 6.07 Å². The van der Waals surface area contributed by atoms with Gasteiger partial charge in [0.15, 0.2) is 0 Å². The maximum absolute atomic E-state index is 8.64. The van der Waals surface area contributed by atoms with Crippen LogP contribution in [-0.4, -0.2) is 17.8 Å². The summed E-state index contributed by atoms with van der Waals surface area (Å²) in [7, 11) is 0. The fourth-order valence-corrected chi connectivity index (χ4v) is 2.62. The van der Waals surface area contributed by atoms with Crippen molar-refractivity contribution in [1.29, 1.82) is 0 Å². The second-order valence-electron chi connectivity index (χ2n) is 4.70. The van der Waals surface area contributed by atoms with Gasteiger partial charge in [0.2, 0.25) is 0 Å². The van der Waals surface area contributed by atoms with E-state index in [0.717, 1.165) is 11.3 Å². The SMILES string of the molecule is CCCCCCC(C)OCc1ccc(C#CCO)s1. The quantitative estimate of drug-likeness (QED) is 0.577.